The highest BCUT2D eigenvalue weighted by Gasteiger charge is 2.30. The fourth-order valence-electron chi connectivity index (χ4n) is 1.86. The minimum atomic E-state index is -3.31. The first-order valence-electron chi connectivity index (χ1n) is 5.94. The van der Waals surface area contributed by atoms with Gasteiger partial charge in [0.25, 0.3) is 10.2 Å². The van der Waals surface area contributed by atoms with E-state index in [-0.39, 0.29) is 6.04 Å². The van der Waals surface area contributed by atoms with Crippen LogP contribution in [0.25, 0.3) is 0 Å². The second kappa shape index (κ2) is 5.95. The van der Waals surface area contributed by atoms with Crippen molar-refractivity contribution in [2.45, 2.75) is 33.2 Å². The lowest BCUT2D eigenvalue weighted by Crippen LogP contribution is -2.48. The molecule has 1 aliphatic heterocycles. The summed E-state index contributed by atoms with van der Waals surface area (Å²) >= 11 is 0. The molecule has 1 aliphatic rings. The highest BCUT2D eigenvalue weighted by atomic mass is 32.2. The standard InChI is InChI=1S/C10H23N3O2S/c1-4-13(10-5-6-11-8-10)16(14,15)12-7-9(2)3/h9-12H,4-8H2,1-3H3. The van der Waals surface area contributed by atoms with E-state index in [2.05, 4.69) is 10.0 Å². The van der Waals surface area contributed by atoms with E-state index in [4.69, 9.17) is 0 Å². The summed E-state index contributed by atoms with van der Waals surface area (Å²) < 4.78 is 28.3. The van der Waals surface area contributed by atoms with Gasteiger partial charge in [0.2, 0.25) is 0 Å². The van der Waals surface area contributed by atoms with Crippen molar-refractivity contribution < 1.29 is 8.42 Å². The molecule has 2 N–H and O–H groups in total. The van der Waals surface area contributed by atoms with E-state index in [1.54, 1.807) is 4.31 Å². The largest absolute Gasteiger partial charge is 0.315 e. The summed E-state index contributed by atoms with van der Waals surface area (Å²) in [5.74, 6) is 0.329. The summed E-state index contributed by atoms with van der Waals surface area (Å²) in [6, 6.07) is 0.106. The van der Waals surface area contributed by atoms with Crippen molar-refractivity contribution >= 4 is 10.2 Å². The maximum atomic E-state index is 12.0. The minimum Gasteiger partial charge on any atom is -0.315 e. The van der Waals surface area contributed by atoms with Gasteiger partial charge in [-0.15, -0.1) is 0 Å². The SMILES string of the molecule is CCN(C1CCNC1)S(=O)(=O)NCC(C)C. The molecule has 0 radical (unpaired) electrons. The lowest BCUT2D eigenvalue weighted by molar-refractivity contribution is 0.341. The van der Waals surface area contributed by atoms with Crippen molar-refractivity contribution in [3.8, 4) is 0 Å². The molecular weight excluding hydrogens is 226 g/mol. The first-order valence-corrected chi connectivity index (χ1v) is 7.38. The number of hydrogen-bond acceptors (Lipinski definition) is 3. The number of likely N-dealkylation sites (N-methyl/N-ethyl adjacent to an activating group) is 1. The Morgan fingerprint density at radius 2 is 2.19 bits per heavy atom. The first-order chi connectivity index (χ1) is 7.47. The van der Waals surface area contributed by atoms with E-state index >= 15 is 0 Å². The lowest BCUT2D eigenvalue weighted by atomic mass is 10.2. The van der Waals surface area contributed by atoms with Crippen molar-refractivity contribution in [2.24, 2.45) is 5.92 Å². The molecule has 0 bridgehead atoms. The zero-order chi connectivity index (χ0) is 12.2. The van der Waals surface area contributed by atoms with Crippen LogP contribution in [0.4, 0.5) is 0 Å². The molecule has 0 aliphatic carbocycles. The van der Waals surface area contributed by atoms with Gasteiger partial charge in [-0.05, 0) is 18.9 Å². The van der Waals surface area contributed by atoms with Crippen LogP contribution in [-0.4, -0.2) is 44.9 Å². The molecule has 1 heterocycles. The highest BCUT2D eigenvalue weighted by Crippen LogP contribution is 2.12. The number of nitrogens with zero attached hydrogens (tertiary/aromatic N) is 1. The van der Waals surface area contributed by atoms with E-state index in [0.717, 1.165) is 19.5 Å². The van der Waals surface area contributed by atoms with Gasteiger partial charge in [-0.2, -0.15) is 12.7 Å². The Balaban J connectivity index is 2.62. The van der Waals surface area contributed by atoms with Crippen LogP contribution in [0.5, 0.6) is 0 Å². The van der Waals surface area contributed by atoms with Gasteiger partial charge in [-0.25, -0.2) is 4.72 Å². The van der Waals surface area contributed by atoms with Crippen LogP contribution in [0.2, 0.25) is 0 Å². The van der Waals surface area contributed by atoms with Gasteiger partial charge in [-0.1, -0.05) is 20.8 Å². The first kappa shape index (κ1) is 13.9. The van der Waals surface area contributed by atoms with Crippen LogP contribution >= 0.6 is 0 Å². The molecule has 1 saturated heterocycles. The Morgan fingerprint density at radius 1 is 1.50 bits per heavy atom. The Labute approximate surface area is 98.8 Å². The molecule has 0 spiro atoms. The maximum Gasteiger partial charge on any atom is 0.279 e. The Morgan fingerprint density at radius 3 is 2.62 bits per heavy atom. The van der Waals surface area contributed by atoms with Crippen molar-refractivity contribution in [3.63, 3.8) is 0 Å². The van der Waals surface area contributed by atoms with E-state index in [0.29, 0.717) is 19.0 Å². The number of hydrogen-bond donors (Lipinski definition) is 2. The topological polar surface area (TPSA) is 61.4 Å². The van der Waals surface area contributed by atoms with Crippen LogP contribution in [0.3, 0.4) is 0 Å². The predicted molar refractivity (Wildman–Crippen MR) is 65.4 cm³/mol. The summed E-state index contributed by atoms with van der Waals surface area (Å²) in [5, 5.41) is 3.19. The maximum absolute atomic E-state index is 12.0. The Bertz CT molecular complexity index is 297. The van der Waals surface area contributed by atoms with Gasteiger partial charge in [0.15, 0.2) is 0 Å². The van der Waals surface area contributed by atoms with Gasteiger partial charge >= 0.3 is 0 Å². The minimum absolute atomic E-state index is 0.106. The van der Waals surface area contributed by atoms with Crippen LogP contribution < -0.4 is 10.0 Å². The van der Waals surface area contributed by atoms with Crippen molar-refractivity contribution in [1.29, 1.82) is 0 Å². The summed E-state index contributed by atoms with van der Waals surface area (Å²) in [6.07, 6.45) is 0.899. The molecule has 16 heavy (non-hydrogen) atoms. The van der Waals surface area contributed by atoms with Crippen LogP contribution in [0.1, 0.15) is 27.2 Å². The third-order valence-electron chi connectivity index (χ3n) is 2.74. The molecule has 0 aromatic heterocycles. The second-order valence-electron chi connectivity index (χ2n) is 4.60. The van der Waals surface area contributed by atoms with E-state index in [1.807, 2.05) is 20.8 Å². The van der Waals surface area contributed by atoms with Gasteiger partial charge in [0, 0.05) is 25.7 Å². The zero-order valence-corrected chi connectivity index (χ0v) is 11.2. The quantitative estimate of drug-likeness (QED) is 0.705. The van der Waals surface area contributed by atoms with Crippen molar-refractivity contribution in [1.82, 2.24) is 14.3 Å². The molecule has 0 saturated carbocycles. The van der Waals surface area contributed by atoms with Crippen molar-refractivity contribution in [3.05, 3.63) is 0 Å². The third-order valence-corrected chi connectivity index (χ3v) is 4.44. The molecule has 0 aromatic carbocycles. The molecule has 6 heteroatoms. The molecule has 96 valence electrons. The monoisotopic (exact) mass is 249 g/mol. The fraction of sp³-hybridized carbons (Fsp3) is 1.00. The second-order valence-corrected chi connectivity index (χ2v) is 6.31. The van der Waals surface area contributed by atoms with Crippen LogP contribution in [0.15, 0.2) is 0 Å². The van der Waals surface area contributed by atoms with Gasteiger partial charge in [0.1, 0.15) is 0 Å². The van der Waals surface area contributed by atoms with Gasteiger partial charge in [0.05, 0.1) is 0 Å². The molecule has 1 unspecified atom stereocenters. The summed E-state index contributed by atoms with van der Waals surface area (Å²) in [7, 11) is -3.31. The molecule has 1 atom stereocenters. The fourth-order valence-corrected chi connectivity index (χ4v) is 3.49. The summed E-state index contributed by atoms with van der Waals surface area (Å²) in [6.45, 7) is 8.56. The van der Waals surface area contributed by atoms with Gasteiger partial charge in [-0.3, -0.25) is 0 Å². The van der Waals surface area contributed by atoms with Crippen LogP contribution in [-0.2, 0) is 10.2 Å². The molecule has 0 aromatic rings. The van der Waals surface area contributed by atoms with Crippen LogP contribution in [0, 0.1) is 5.92 Å². The smallest absolute Gasteiger partial charge is 0.279 e. The molecule has 1 fully saturated rings. The molecule has 0 amide bonds. The third kappa shape index (κ3) is 3.69. The predicted octanol–water partition coefficient (Wildman–Crippen LogP) is 0.161. The average molecular weight is 249 g/mol. The normalized spacial score (nSPS) is 22.2. The van der Waals surface area contributed by atoms with Gasteiger partial charge < -0.3 is 5.32 Å². The number of rotatable bonds is 6. The zero-order valence-electron chi connectivity index (χ0n) is 10.4. The van der Waals surface area contributed by atoms with E-state index in [9.17, 15) is 8.42 Å². The summed E-state index contributed by atoms with van der Waals surface area (Å²) in [4.78, 5) is 0. The Hall–Kier alpha value is -0.170. The molecular formula is C10H23N3O2S. The number of nitrogens with one attached hydrogen (secondary N) is 2. The lowest BCUT2D eigenvalue weighted by Gasteiger charge is -2.26. The van der Waals surface area contributed by atoms with Crippen molar-refractivity contribution in [2.75, 3.05) is 26.2 Å². The molecule has 5 nitrogen and oxygen atoms in total. The summed E-state index contributed by atoms with van der Waals surface area (Å²) in [5.41, 5.74) is 0. The van der Waals surface area contributed by atoms with E-state index in [1.165, 1.54) is 0 Å². The van der Waals surface area contributed by atoms with E-state index < -0.39 is 10.2 Å². The Kier molecular flexibility index (Phi) is 5.17. The average Bonchev–Trinajstić information content (AvgIpc) is 2.69. The highest BCUT2D eigenvalue weighted by molar-refractivity contribution is 7.87. The molecule has 1 rings (SSSR count).